The minimum absolute atomic E-state index is 0.223. The van der Waals surface area contributed by atoms with Gasteiger partial charge in [0.1, 0.15) is 6.61 Å². The lowest BCUT2D eigenvalue weighted by atomic mass is 10.0. The molecular formula is C37H71O8P. The van der Waals surface area contributed by atoms with E-state index in [-0.39, 0.29) is 19.0 Å². The molecule has 0 aromatic carbocycles. The fourth-order valence-corrected chi connectivity index (χ4v) is 5.77. The summed E-state index contributed by atoms with van der Waals surface area (Å²) < 4.78 is 31.8. The third kappa shape index (κ3) is 32.7. The predicted molar refractivity (Wildman–Crippen MR) is 189 cm³/mol. The summed E-state index contributed by atoms with van der Waals surface area (Å²) in [7, 11) is -3.19. The van der Waals surface area contributed by atoms with Gasteiger partial charge in [-0.3, -0.25) is 18.6 Å². The number of hydrogen-bond donors (Lipinski definition) is 1. The highest BCUT2D eigenvalue weighted by Gasteiger charge is 2.24. The van der Waals surface area contributed by atoms with Crippen LogP contribution in [0.5, 0.6) is 0 Å². The van der Waals surface area contributed by atoms with Crippen molar-refractivity contribution in [2.75, 3.05) is 20.3 Å². The van der Waals surface area contributed by atoms with E-state index in [9.17, 15) is 19.0 Å². The third-order valence-electron chi connectivity index (χ3n) is 8.24. The Balaban J connectivity index is 3.98. The topological polar surface area (TPSA) is 108 Å². The van der Waals surface area contributed by atoms with Gasteiger partial charge in [0.25, 0.3) is 0 Å². The average Bonchev–Trinajstić information content (AvgIpc) is 3.04. The molecule has 2 unspecified atom stereocenters. The quantitative estimate of drug-likeness (QED) is 0.0306. The number of esters is 2. The number of allylic oxidation sites excluding steroid dienone is 2. The lowest BCUT2D eigenvalue weighted by Gasteiger charge is -2.19. The Labute approximate surface area is 282 Å². The molecule has 0 aromatic heterocycles. The van der Waals surface area contributed by atoms with Gasteiger partial charge in [-0.25, -0.2) is 4.57 Å². The lowest BCUT2D eigenvalue weighted by Crippen LogP contribution is -2.29. The first kappa shape index (κ1) is 44.8. The number of phosphoric acid groups is 1. The van der Waals surface area contributed by atoms with E-state index in [2.05, 4.69) is 30.5 Å². The van der Waals surface area contributed by atoms with Crippen LogP contribution in [0.2, 0.25) is 0 Å². The zero-order chi connectivity index (χ0) is 34.0. The summed E-state index contributed by atoms with van der Waals surface area (Å²) in [4.78, 5) is 34.2. The molecule has 1 N–H and O–H groups in total. The van der Waals surface area contributed by atoms with Crippen LogP contribution in [0.4, 0.5) is 0 Å². The van der Waals surface area contributed by atoms with Gasteiger partial charge in [0.15, 0.2) is 6.10 Å². The van der Waals surface area contributed by atoms with E-state index in [1.807, 2.05) is 0 Å². The fraction of sp³-hybridized carbons (Fsp3) is 0.892. The van der Waals surface area contributed by atoms with Crippen LogP contribution < -0.4 is 0 Å². The van der Waals surface area contributed by atoms with Crippen LogP contribution >= 0.6 is 7.82 Å². The maximum Gasteiger partial charge on any atom is 0.472 e. The van der Waals surface area contributed by atoms with Crippen LogP contribution in [0.1, 0.15) is 187 Å². The van der Waals surface area contributed by atoms with Gasteiger partial charge in [0, 0.05) is 20.0 Å². The number of ether oxygens (including phenoxy) is 2. The molecule has 0 aliphatic rings. The van der Waals surface area contributed by atoms with E-state index >= 15 is 0 Å². The molecule has 0 heterocycles. The molecule has 0 rings (SSSR count). The molecule has 46 heavy (non-hydrogen) atoms. The normalized spacial score (nSPS) is 13.6. The zero-order valence-corrected chi connectivity index (χ0v) is 30.9. The van der Waals surface area contributed by atoms with Crippen LogP contribution in [0.25, 0.3) is 0 Å². The van der Waals surface area contributed by atoms with Gasteiger partial charge in [-0.2, -0.15) is 0 Å². The van der Waals surface area contributed by atoms with Gasteiger partial charge in [-0.05, 0) is 32.1 Å². The van der Waals surface area contributed by atoms with Crippen LogP contribution in [0, 0.1) is 0 Å². The molecule has 9 heteroatoms. The SMILES string of the molecule is CCC/C=C\CCCCCCCC(=O)OC(COC(=O)CCCCCCCCCCCCCCCCCCC)COP(=O)(O)OC. The summed E-state index contributed by atoms with van der Waals surface area (Å²) >= 11 is 0. The molecule has 0 spiro atoms. The molecule has 0 saturated heterocycles. The molecule has 272 valence electrons. The summed E-state index contributed by atoms with van der Waals surface area (Å²) in [5.74, 6) is -0.809. The number of rotatable bonds is 35. The van der Waals surface area contributed by atoms with Crippen LogP contribution in [-0.2, 0) is 32.7 Å². The second kappa shape index (κ2) is 33.7. The van der Waals surface area contributed by atoms with E-state index in [1.165, 1.54) is 96.3 Å². The average molecular weight is 675 g/mol. The van der Waals surface area contributed by atoms with Crippen molar-refractivity contribution >= 4 is 19.8 Å². The predicted octanol–water partition coefficient (Wildman–Crippen LogP) is 11.3. The molecule has 0 aliphatic carbocycles. The maximum absolute atomic E-state index is 12.4. The number of unbranched alkanes of at least 4 members (excludes halogenated alkanes) is 22. The monoisotopic (exact) mass is 674 g/mol. The number of hydrogen-bond acceptors (Lipinski definition) is 7. The Morgan fingerprint density at radius 3 is 1.50 bits per heavy atom. The highest BCUT2D eigenvalue weighted by Crippen LogP contribution is 2.42. The smallest absolute Gasteiger partial charge is 0.462 e. The highest BCUT2D eigenvalue weighted by atomic mass is 31.2. The van der Waals surface area contributed by atoms with Crippen molar-refractivity contribution in [3.8, 4) is 0 Å². The van der Waals surface area contributed by atoms with Gasteiger partial charge >= 0.3 is 19.8 Å². The van der Waals surface area contributed by atoms with E-state index < -0.39 is 26.5 Å². The first-order valence-corrected chi connectivity index (χ1v) is 20.4. The first-order valence-electron chi connectivity index (χ1n) is 18.9. The molecule has 0 radical (unpaired) electrons. The summed E-state index contributed by atoms with van der Waals surface area (Å²) in [5.41, 5.74) is 0. The van der Waals surface area contributed by atoms with Crippen molar-refractivity contribution in [1.82, 2.24) is 0 Å². The minimum Gasteiger partial charge on any atom is -0.462 e. The second-order valence-corrected chi connectivity index (χ2v) is 14.3. The fourth-order valence-electron chi connectivity index (χ4n) is 5.31. The van der Waals surface area contributed by atoms with E-state index in [4.69, 9.17) is 14.0 Å². The highest BCUT2D eigenvalue weighted by molar-refractivity contribution is 7.47. The van der Waals surface area contributed by atoms with E-state index in [0.717, 1.165) is 64.9 Å². The Bertz CT molecular complexity index is 772. The molecule has 0 fully saturated rings. The third-order valence-corrected chi connectivity index (χ3v) is 9.18. The van der Waals surface area contributed by atoms with Crippen molar-refractivity contribution in [2.24, 2.45) is 0 Å². The standard InChI is InChI=1S/C37H71O8P/c1-4-6-8-10-12-14-16-17-18-19-20-21-22-24-25-27-29-31-36(38)43-33-35(34-44-46(40,41)42-3)45-37(39)32-30-28-26-23-15-13-11-9-7-5-2/h9,11,35H,4-8,10,12-34H2,1-3H3,(H,40,41)/b11-9-. The first-order chi connectivity index (χ1) is 22.3. The molecule has 0 amide bonds. The van der Waals surface area contributed by atoms with Crippen molar-refractivity contribution in [3.63, 3.8) is 0 Å². The Morgan fingerprint density at radius 1 is 0.587 bits per heavy atom. The van der Waals surface area contributed by atoms with Crippen LogP contribution in [0.3, 0.4) is 0 Å². The zero-order valence-electron chi connectivity index (χ0n) is 30.0. The summed E-state index contributed by atoms with van der Waals surface area (Å²) in [6.07, 6.45) is 34.1. The van der Waals surface area contributed by atoms with Gasteiger partial charge in [-0.1, -0.05) is 154 Å². The van der Waals surface area contributed by atoms with Crippen molar-refractivity contribution < 1.29 is 37.6 Å². The van der Waals surface area contributed by atoms with Crippen molar-refractivity contribution in [3.05, 3.63) is 12.2 Å². The summed E-state index contributed by atoms with van der Waals surface area (Å²) in [5, 5.41) is 0. The van der Waals surface area contributed by atoms with Gasteiger partial charge in [0.2, 0.25) is 0 Å². The van der Waals surface area contributed by atoms with Gasteiger partial charge in [0.05, 0.1) is 6.61 Å². The number of carbonyl (C=O) groups excluding carboxylic acids is 2. The lowest BCUT2D eigenvalue weighted by molar-refractivity contribution is -0.161. The summed E-state index contributed by atoms with van der Waals surface area (Å²) in [6, 6.07) is 0. The molecule has 2 atom stereocenters. The van der Waals surface area contributed by atoms with Crippen molar-refractivity contribution in [1.29, 1.82) is 0 Å². The maximum atomic E-state index is 12.4. The van der Waals surface area contributed by atoms with E-state index in [1.54, 1.807) is 0 Å². The molecule has 0 saturated carbocycles. The molecular weight excluding hydrogens is 603 g/mol. The molecule has 8 nitrogen and oxygen atoms in total. The van der Waals surface area contributed by atoms with Crippen LogP contribution in [0.15, 0.2) is 12.2 Å². The number of carbonyl (C=O) groups is 2. The number of phosphoric ester groups is 1. The van der Waals surface area contributed by atoms with Crippen LogP contribution in [-0.4, -0.2) is 43.3 Å². The van der Waals surface area contributed by atoms with Gasteiger partial charge < -0.3 is 14.4 Å². The largest absolute Gasteiger partial charge is 0.472 e. The minimum atomic E-state index is -4.25. The summed E-state index contributed by atoms with van der Waals surface area (Å²) in [6.45, 7) is 3.82. The second-order valence-electron chi connectivity index (χ2n) is 12.7. The Hall–Kier alpha value is -1.21. The molecule has 0 aliphatic heterocycles. The van der Waals surface area contributed by atoms with Gasteiger partial charge in [-0.15, -0.1) is 0 Å². The molecule has 0 bridgehead atoms. The Morgan fingerprint density at radius 2 is 1.02 bits per heavy atom. The van der Waals surface area contributed by atoms with Crippen molar-refractivity contribution in [2.45, 2.75) is 193 Å². The molecule has 0 aromatic rings. The Kier molecular flexibility index (Phi) is 32.8. The van der Waals surface area contributed by atoms with E-state index in [0.29, 0.717) is 12.8 Å².